The van der Waals surface area contributed by atoms with E-state index in [0.717, 1.165) is 43.0 Å². The molecule has 1 aromatic rings. The lowest BCUT2D eigenvalue weighted by Gasteiger charge is -2.42. The van der Waals surface area contributed by atoms with Gasteiger partial charge >= 0.3 is 0 Å². The normalized spacial score (nSPS) is 21.7. The summed E-state index contributed by atoms with van der Waals surface area (Å²) in [5.74, 6) is 1.35. The van der Waals surface area contributed by atoms with Crippen molar-refractivity contribution < 1.29 is 4.79 Å². The molecule has 0 saturated heterocycles. The van der Waals surface area contributed by atoms with Crippen LogP contribution >= 0.6 is 0 Å². The minimum Gasteiger partial charge on any atom is -0.382 e. The van der Waals surface area contributed by atoms with Crippen molar-refractivity contribution in [3.8, 4) is 0 Å². The molecule has 1 fully saturated rings. The van der Waals surface area contributed by atoms with Crippen LogP contribution in [0.5, 0.6) is 0 Å². The van der Waals surface area contributed by atoms with Crippen molar-refractivity contribution in [2.24, 2.45) is 10.8 Å². The van der Waals surface area contributed by atoms with Gasteiger partial charge in [0.05, 0.1) is 12.2 Å². The quantitative estimate of drug-likeness (QED) is 0.644. The highest BCUT2D eigenvalue weighted by molar-refractivity contribution is 5.78. The van der Waals surface area contributed by atoms with E-state index in [0.29, 0.717) is 12.5 Å². The predicted molar refractivity (Wildman–Crippen MR) is 123 cm³/mol. The van der Waals surface area contributed by atoms with Crippen LogP contribution in [-0.2, 0) is 4.79 Å². The van der Waals surface area contributed by atoms with Gasteiger partial charge in [-0.1, -0.05) is 34.6 Å². The number of carbonyl (C=O) groups excluding carboxylic acids is 1. The number of anilines is 2. The van der Waals surface area contributed by atoms with Crippen molar-refractivity contribution in [2.45, 2.75) is 65.8 Å². The molecular formula is C23H41N5O. The summed E-state index contributed by atoms with van der Waals surface area (Å²) in [4.78, 5) is 19.2. The lowest BCUT2D eigenvalue weighted by atomic mass is 9.68. The first-order valence-electron chi connectivity index (χ1n) is 10.8. The van der Waals surface area contributed by atoms with E-state index in [9.17, 15) is 4.79 Å². The van der Waals surface area contributed by atoms with Crippen molar-refractivity contribution >= 4 is 17.4 Å². The van der Waals surface area contributed by atoms with Crippen molar-refractivity contribution in [3.63, 3.8) is 0 Å². The first-order chi connectivity index (χ1) is 13.4. The van der Waals surface area contributed by atoms with Crippen LogP contribution in [0.25, 0.3) is 0 Å². The zero-order chi connectivity index (χ0) is 21.8. The van der Waals surface area contributed by atoms with Gasteiger partial charge in [0, 0.05) is 31.2 Å². The molecular weight excluding hydrogens is 362 g/mol. The second kappa shape index (κ2) is 9.33. The summed E-state index contributed by atoms with van der Waals surface area (Å²) in [6.07, 6.45) is 3.10. The Labute approximate surface area is 177 Å². The summed E-state index contributed by atoms with van der Waals surface area (Å²) in [6.45, 7) is 12.5. The van der Waals surface area contributed by atoms with Gasteiger partial charge in [-0.2, -0.15) is 0 Å². The van der Waals surface area contributed by atoms with E-state index in [-0.39, 0.29) is 22.8 Å². The molecule has 1 aliphatic rings. The third-order valence-electron chi connectivity index (χ3n) is 5.78. The molecule has 164 valence electrons. The van der Waals surface area contributed by atoms with E-state index in [1.54, 1.807) is 0 Å². The Morgan fingerprint density at radius 2 is 1.97 bits per heavy atom. The summed E-state index contributed by atoms with van der Waals surface area (Å²) in [5.41, 5.74) is 2.45. The maximum absolute atomic E-state index is 12.4. The summed E-state index contributed by atoms with van der Waals surface area (Å²) in [5, 5.41) is 10.0. The fraction of sp³-hybridized carbons (Fsp3) is 0.739. The SMILES string of the molecule is CNc1nc(C2CCC(C)(C)C(NC(=O)CN(C)C)C2)ccc1NCC(C)(C)C. The molecule has 1 aromatic heterocycles. The first kappa shape index (κ1) is 23.5. The van der Waals surface area contributed by atoms with Crippen LogP contribution in [0.2, 0.25) is 0 Å². The monoisotopic (exact) mass is 403 g/mol. The Kier molecular flexibility index (Phi) is 7.55. The molecule has 3 N–H and O–H groups in total. The maximum atomic E-state index is 12.4. The smallest absolute Gasteiger partial charge is 0.234 e. The van der Waals surface area contributed by atoms with Crippen LogP contribution < -0.4 is 16.0 Å². The number of hydrogen-bond acceptors (Lipinski definition) is 5. The molecule has 0 bridgehead atoms. The summed E-state index contributed by atoms with van der Waals surface area (Å²) in [7, 11) is 5.77. The Morgan fingerprint density at radius 3 is 2.55 bits per heavy atom. The highest BCUT2D eigenvalue weighted by atomic mass is 16.2. The molecule has 1 aliphatic carbocycles. The zero-order valence-electron chi connectivity index (χ0n) is 19.6. The Balaban J connectivity index is 2.13. The van der Waals surface area contributed by atoms with Crippen LogP contribution in [0, 0.1) is 10.8 Å². The van der Waals surface area contributed by atoms with Crippen molar-refractivity contribution in [1.82, 2.24) is 15.2 Å². The third kappa shape index (κ3) is 6.88. The summed E-state index contributed by atoms with van der Waals surface area (Å²) < 4.78 is 0. The molecule has 0 radical (unpaired) electrons. The van der Waals surface area contributed by atoms with E-state index in [1.807, 2.05) is 26.0 Å². The van der Waals surface area contributed by atoms with Gasteiger partial charge in [0.25, 0.3) is 0 Å². The van der Waals surface area contributed by atoms with Crippen molar-refractivity contribution in [2.75, 3.05) is 44.9 Å². The average Bonchev–Trinajstić information content (AvgIpc) is 2.60. The number of pyridine rings is 1. The second-order valence-corrected chi connectivity index (χ2v) is 10.6. The van der Waals surface area contributed by atoms with E-state index in [4.69, 9.17) is 4.98 Å². The number of carbonyl (C=O) groups is 1. The van der Waals surface area contributed by atoms with E-state index >= 15 is 0 Å². The number of nitrogens with zero attached hydrogens (tertiary/aromatic N) is 2. The Hall–Kier alpha value is -1.82. The number of nitrogens with one attached hydrogen (secondary N) is 3. The van der Waals surface area contributed by atoms with Gasteiger partial charge in [0.1, 0.15) is 5.82 Å². The van der Waals surface area contributed by atoms with Crippen LogP contribution in [0.15, 0.2) is 12.1 Å². The molecule has 0 aliphatic heterocycles. The van der Waals surface area contributed by atoms with E-state index < -0.39 is 0 Å². The average molecular weight is 404 g/mol. The molecule has 0 aromatic carbocycles. The molecule has 1 amide bonds. The molecule has 2 atom stereocenters. The number of rotatable bonds is 7. The van der Waals surface area contributed by atoms with Gasteiger partial charge in [0.15, 0.2) is 0 Å². The molecule has 1 heterocycles. The van der Waals surface area contributed by atoms with Crippen LogP contribution in [0.4, 0.5) is 11.5 Å². The van der Waals surface area contributed by atoms with Gasteiger partial charge in [-0.3, -0.25) is 4.79 Å². The topological polar surface area (TPSA) is 69.3 Å². The lowest BCUT2D eigenvalue weighted by Crippen LogP contribution is -2.50. The van der Waals surface area contributed by atoms with Gasteiger partial charge in [-0.25, -0.2) is 4.98 Å². The largest absolute Gasteiger partial charge is 0.382 e. The second-order valence-electron chi connectivity index (χ2n) is 10.6. The van der Waals surface area contributed by atoms with Gasteiger partial charge in [-0.15, -0.1) is 0 Å². The Bertz CT molecular complexity index is 693. The summed E-state index contributed by atoms with van der Waals surface area (Å²) in [6, 6.07) is 4.44. The third-order valence-corrected chi connectivity index (χ3v) is 5.78. The standard InChI is InChI=1S/C23H41N5O/c1-22(2,3)15-25-18-10-9-17(26-21(18)24-6)16-11-12-23(4,5)19(13-16)27-20(29)14-28(7)8/h9-10,16,19,25H,11-15H2,1-8H3,(H,24,26)(H,27,29). The molecule has 29 heavy (non-hydrogen) atoms. The van der Waals surface area contributed by atoms with Crippen LogP contribution in [0.3, 0.4) is 0 Å². The first-order valence-corrected chi connectivity index (χ1v) is 10.8. The molecule has 0 spiro atoms. The molecule has 2 unspecified atom stereocenters. The fourth-order valence-electron chi connectivity index (χ4n) is 3.89. The van der Waals surface area contributed by atoms with Gasteiger partial charge < -0.3 is 20.9 Å². The number of likely N-dealkylation sites (N-methyl/N-ethyl adjacent to an activating group) is 1. The molecule has 2 rings (SSSR count). The predicted octanol–water partition coefficient (Wildman–Crippen LogP) is 3.92. The van der Waals surface area contributed by atoms with Crippen molar-refractivity contribution in [3.05, 3.63) is 17.8 Å². The maximum Gasteiger partial charge on any atom is 0.234 e. The van der Waals surface area contributed by atoms with E-state index in [2.05, 4.69) is 62.7 Å². The highest BCUT2D eigenvalue weighted by Gasteiger charge is 2.38. The fourth-order valence-corrected chi connectivity index (χ4v) is 3.89. The lowest BCUT2D eigenvalue weighted by molar-refractivity contribution is -0.123. The minimum atomic E-state index is 0.0957. The van der Waals surface area contributed by atoms with Crippen molar-refractivity contribution in [1.29, 1.82) is 0 Å². The Morgan fingerprint density at radius 1 is 1.28 bits per heavy atom. The van der Waals surface area contributed by atoms with Crippen LogP contribution in [-0.4, -0.2) is 56.1 Å². The van der Waals surface area contributed by atoms with Gasteiger partial charge in [-0.05, 0) is 56.3 Å². The highest BCUT2D eigenvalue weighted by Crippen LogP contribution is 2.43. The number of aromatic nitrogens is 1. The summed E-state index contributed by atoms with van der Waals surface area (Å²) >= 11 is 0. The molecule has 6 nitrogen and oxygen atoms in total. The number of hydrogen-bond donors (Lipinski definition) is 3. The van der Waals surface area contributed by atoms with E-state index in [1.165, 1.54) is 0 Å². The minimum absolute atomic E-state index is 0.0957. The molecule has 6 heteroatoms. The molecule has 1 saturated carbocycles. The van der Waals surface area contributed by atoms with Gasteiger partial charge in [0.2, 0.25) is 5.91 Å². The van der Waals surface area contributed by atoms with Crippen LogP contribution in [0.1, 0.15) is 65.5 Å². The zero-order valence-corrected chi connectivity index (χ0v) is 19.6. The number of amides is 1.